The van der Waals surface area contributed by atoms with E-state index in [0.717, 1.165) is 9.87 Å². The Bertz CT molecular complexity index is 930. The molecule has 2 rings (SSSR count). The molecule has 0 spiro atoms. The number of anilines is 1. The number of carbonyl (C=O) groups is 1. The van der Waals surface area contributed by atoms with Crippen molar-refractivity contribution in [3.63, 3.8) is 0 Å². The average molecular weight is 410 g/mol. The molecule has 2 aromatic carbocycles. The van der Waals surface area contributed by atoms with E-state index in [4.69, 9.17) is 11.6 Å². The van der Waals surface area contributed by atoms with E-state index in [2.05, 4.69) is 10.6 Å². The molecular weight excluding hydrogens is 386 g/mol. The first-order valence-electron chi connectivity index (χ1n) is 8.43. The first kappa shape index (κ1) is 21.4. The van der Waals surface area contributed by atoms with Gasteiger partial charge in [-0.3, -0.25) is 4.79 Å². The summed E-state index contributed by atoms with van der Waals surface area (Å²) in [6.07, 6.45) is 0. The molecular formula is C19H24ClN3O3S. The zero-order valence-corrected chi connectivity index (χ0v) is 17.4. The number of rotatable bonds is 7. The number of hydrogen-bond acceptors (Lipinski definition) is 4. The second-order valence-corrected chi connectivity index (χ2v) is 9.03. The Morgan fingerprint density at radius 2 is 1.89 bits per heavy atom. The molecule has 2 N–H and O–H groups in total. The van der Waals surface area contributed by atoms with E-state index in [-0.39, 0.29) is 23.4 Å². The van der Waals surface area contributed by atoms with Crippen LogP contribution in [0.15, 0.2) is 47.4 Å². The van der Waals surface area contributed by atoms with Crippen molar-refractivity contribution in [1.82, 2.24) is 9.62 Å². The van der Waals surface area contributed by atoms with Crippen molar-refractivity contribution in [2.24, 2.45) is 0 Å². The molecule has 0 radical (unpaired) electrons. The summed E-state index contributed by atoms with van der Waals surface area (Å²) < 4.78 is 25.9. The molecule has 0 saturated carbocycles. The third-order valence-corrected chi connectivity index (χ3v) is 6.34. The van der Waals surface area contributed by atoms with Crippen LogP contribution >= 0.6 is 11.6 Å². The van der Waals surface area contributed by atoms with Gasteiger partial charge < -0.3 is 10.6 Å². The van der Waals surface area contributed by atoms with Crippen molar-refractivity contribution in [1.29, 1.82) is 0 Å². The SMILES string of the molecule is Cc1ccc(NC(=O)CNC(C)c2cccc(Cl)c2)cc1S(=O)(=O)N(C)C. The molecule has 27 heavy (non-hydrogen) atoms. The van der Waals surface area contributed by atoms with Crippen molar-refractivity contribution in [3.05, 3.63) is 58.6 Å². The number of carbonyl (C=O) groups excluding carboxylic acids is 1. The molecule has 1 unspecified atom stereocenters. The maximum Gasteiger partial charge on any atom is 0.242 e. The minimum atomic E-state index is -3.58. The van der Waals surface area contributed by atoms with E-state index < -0.39 is 10.0 Å². The van der Waals surface area contributed by atoms with Crippen LogP contribution in [0.4, 0.5) is 5.69 Å². The summed E-state index contributed by atoms with van der Waals surface area (Å²) in [4.78, 5) is 12.4. The molecule has 146 valence electrons. The van der Waals surface area contributed by atoms with Gasteiger partial charge >= 0.3 is 0 Å². The minimum Gasteiger partial charge on any atom is -0.325 e. The second kappa shape index (κ2) is 8.84. The highest BCUT2D eigenvalue weighted by molar-refractivity contribution is 7.89. The molecule has 0 saturated heterocycles. The van der Waals surface area contributed by atoms with Crippen molar-refractivity contribution in [3.8, 4) is 0 Å². The van der Waals surface area contributed by atoms with E-state index in [1.807, 2.05) is 25.1 Å². The summed E-state index contributed by atoms with van der Waals surface area (Å²) in [5.41, 5.74) is 2.03. The summed E-state index contributed by atoms with van der Waals surface area (Å²) >= 11 is 5.99. The smallest absolute Gasteiger partial charge is 0.242 e. The van der Waals surface area contributed by atoms with Crippen LogP contribution in [0, 0.1) is 6.92 Å². The monoisotopic (exact) mass is 409 g/mol. The molecule has 0 aromatic heterocycles. The van der Waals surface area contributed by atoms with Gasteiger partial charge in [-0.05, 0) is 49.2 Å². The number of hydrogen-bond donors (Lipinski definition) is 2. The van der Waals surface area contributed by atoms with Crippen molar-refractivity contribution in [2.75, 3.05) is 26.0 Å². The number of nitrogens with zero attached hydrogens (tertiary/aromatic N) is 1. The summed E-state index contributed by atoms with van der Waals surface area (Å²) in [7, 11) is -0.631. The van der Waals surface area contributed by atoms with Gasteiger partial charge in [0.25, 0.3) is 0 Å². The van der Waals surface area contributed by atoms with Gasteiger partial charge in [-0.1, -0.05) is 29.8 Å². The molecule has 0 heterocycles. The van der Waals surface area contributed by atoms with E-state index in [1.165, 1.54) is 20.2 Å². The van der Waals surface area contributed by atoms with Crippen molar-refractivity contribution < 1.29 is 13.2 Å². The predicted octanol–water partition coefficient (Wildman–Crippen LogP) is 3.19. The fraction of sp³-hybridized carbons (Fsp3) is 0.316. The molecule has 1 amide bonds. The first-order valence-corrected chi connectivity index (χ1v) is 10.2. The molecule has 0 aliphatic carbocycles. The molecule has 0 aliphatic heterocycles. The molecule has 1 atom stereocenters. The van der Waals surface area contributed by atoms with Gasteiger partial charge in [-0.15, -0.1) is 0 Å². The Balaban J connectivity index is 2.04. The summed E-state index contributed by atoms with van der Waals surface area (Å²) in [5.74, 6) is -0.263. The normalized spacial score (nSPS) is 12.8. The maximum absolute atomic E-state index is 12.4. The Morgan fingerprint density at radius 3 is 2.52 bits per heavy atom. The van der Waals surface area contributed by atoms with Gasteiger partial charge in [0.15, 0.2) is 0 Å². The van der Waals surface area contributed by atoms with E-state index in [0.29, 0.717) is 16.3 Å². The largest absolute Gasteiger partial charge is 0.325 e. The quantitative estimate of drug-likeness (QED) is 0.736. The first-order chi connectivity index (χ1) is 12.6. The van der Waals surface area contributed by atoms with Crippen molar-refractivity contribution >= 4 is 33.2 Å². The highest BCUT2D eigenvalue weighted by Gasteiger charge is 2.20. The second-order valence-electron chi connectivity index (χ2n) is 6.47. The molecule has 8 heteroatoms. The van der Waals surface area contributed by atoms with Crippen LogP contribution in [0.25, 0.3) is 0 Å². The fourth-order valence-corrected chi connectivity index (χ4v) is 3.84. The lowest BCUT2D eigenvalue weighted by Crippen LogP contribution is -2.30. The number of nitrogens with one attached hydrogen (secondary N) is 2. The lowest BCUT2D eigenvalue weighted by Gasteiger charge is -2.16. The standard InChI is InChI=1S/C19H24ClN3O3S/c1-13-8-9-17(11-18(13)27(25,26)23(3)4)22-19(24)12-21-14(2)15-6-5-7-16(20)10-15/h5-11,14,21H,12H2,1-4H3,(H,22,24). The molecule has 6 nitrogen and oxygen atoms in total. The van der Waals surface area contributed by atoms with Gasteiger partial charge in [0.1, 0.15) is 0 Å². The van der Waals surface area contributed by atoms with Crippen molar-refractivity contribution in [2.45, 2.75) is 24.8 Å². The molecule has 0 fully saturated rings. The lowest BCUT2D eigenvalue weighted by molar-refractivity contribution is -0.115. The summed E-state index contributed by atoms with van der Waals surface area (Å²) in [6, 6.07) is 12.2. The topological polar surface area (TPSA) is 78.5 Å². The van der Waals surface area contributed by atoms with Crippen LogP contribution in [0.3, 0.4) is 0 Å². The number of aryl methyl sites for hydroxylation is 1. The Kier molecular flexibility index (Phi) is 7.00. The van der Waals surface area contributed by atoms with Crippen LogP contribution < -0.4 is 10.6 Å². The Labute approximate surface area is 165 Å². The van der Waals surface area contributed by atoms with E-state index in [1.54, 1.807) is 25.1 Å². The molecule has 0 aliphatic rings. The number of benzene rings is 2. The zero-order chi connectivity index (χ0) is 20.2. The van der Waals surface area contributed by atoms with Crippen LogP contribution in [-0.2, 0) is 14.8 Å². The van der Waals surface area contributed by atoms with Gasteiger partial charge in [-0.25, -0.2) is 12.7 Å². The lowest BCUT2D eigenvalue weighted by atomic mass is 10.1. The third-order valence-electron chi connectivity index (χ3n) is 4.15. The van der Waals surface area contributed by atoms with Gasteiger partial charge in [0.05, 0.1) is 11.4 Å². The van der Waals surface area contributed by atoms with E-state index in [9.17, 15) is 13.2 Å². The number of sulfonamides is 1. The van der Waals surface area contributed by atoms with Crippen LogP contribution in [0.2, 0.25) is 5.02 Å². The van der Waals surface area contributed by atoms with Crippen LogP contribution in [-0.4, -0.2) is 39.3 Å². The van der Waals surface area contributed by atoms with Crippen LogP contribution in [0.1, 0.15) is 24.1 Å². The zero-order valence-electron chi connectivity index (χ0n) is 15.8. The summed E-state index contributed by atoms with van der Waals surface area (Å²) in [5, 5.41) is 6.49. The van der Waals surface area contributed by atoms with Gasteiger partial charge in [-0.2, -0.15) is 0 Å². The van der Waals surface area contributed by atoms with Gasteiger partial charge in [0, 0.05) is 30.8 Å². The molecule has 0 bridgehead atoms. The number of halogens is 1. The third kappa shape index (κ3) is 5.52. The maximum atomic E-state index is 12.4. The van der Waals surface area contributed by atoms with Crippen LogP contribution in [0.5, 0.6) is 0 Å². The highest BCUT2D eigenvalue weighted by Crippen LogP contribution is 2.22. The Hall–Kier alpha value is -1.93. The minimum absolute atomic E-state index is 0.0582. The molecule has 2 aromatic rings. The Morgan fingerprint density at radius 1 is 1.19 bits per heavy atom. The summed E-state index contributed by atoms with van der Waals surface area (Å²) in [6.45, 7) is 3.74. The fourth-order valence-electron chi connectivity index (χ4n) is 2.50. The number of amides is 1. The predicted molar refractivity (Wildman–Crippen MR) is 109 cm³/mol. The average Bonchev–Trinajstić information content (AvgIpc) is 2.61. The van der Waals surface area contributed by atoms with Gasteiger partial charge in [0.2, 0.25) is 15.9 Å². The van der Waals surface area contributed by atoms with E-state index >= 15 is 0 Å². The highest BCUT2D eigenvalue weighted by atomic mass is 35.5.